The number of benzene rings is 2. The highest BCUT2D eigenvalue weighted by Gasteiger charge is 2.13. The van der Waals surface area contributed by atoms with E-state index in [1.54, 1.807) is 42.5 Å². The van der Waals surface area contributed by atoms with Crippen LogP contribution in [0.3, 0.4) is 0 Å². The highest BCUT2D eigenvalue weighted by molar-refractivity contribution is 7.88. The van der Waals surface area contributed by atoms with Gasteiger partial charge < -0.3 is 0 Å². The van der Waals surface area contributed by atoms with Gasteiger partial charge in [-0.1, -0.05) is 48.0 Å². The van der Waals surface area contributed by atoms with Gasteiger partial charge in [-0.25, -0.2) is 8.42 Å². The summed E-state index contributed by atoms with van der Waals surface area (Å²) in [5.74, 6) is -0.793. The number of hydrogen-bond acceptors (Lipinski definition) is 3. The average Bonchev–Trinajstić information content (AvgIpc) is 2.45. The Morgan fingerprint density at radius 1 is 1.05 bits per heavy atom. The van der Waals surface area contributed by atoms with Crippen LogP contribution >= 0.6 is 11.6 Å². The van der Waals surface area contributed by atoms with Crippen LogP contribution in [-0.4, -0.2) is 14.3 Å². The molecule has 0 saturated carbocycles. The Morgan fingerprint density at radius 2 is 1.76 bits per heavy atom. The van der Waals surface area contributed by atoms with Gasteiger partial charge in [0.05, 0.1) is 5.75 Å². The summed E-state index contributed by atoms with van der Waals surface area (Å²) in [5, 5.41) is 0.398. The van der Waals surface area contributed by atoms with Crippen molar-refractivity contribution in [2.45, 2.75) is 5.75 Å². The maximum atomic E-state index is 11.9. The largest absolute Gasteiger partial charge is 0.274 e. The summed E-state index contributed by atoms with van der Waals surface area (Å²) in [6.45, 7) is 0. The molecule has 0 heterocycles. The second-order valence-electron chi connectivity index (χ2n) is 4.31. The van der Waals surface area contributed by atoms with E-state index in [4.69, 9.17) is 11.6 Å². The highest BCUT2D eigenvalue weighted by Crippen LogP contribution is 2.10. The van der Waals surface area contributed by atoms with E-state index in [2.05, 4.69) is 10.3 Å². The number of sulfonamides is 1. The Hall–Kier alpha value is -1.89. The van der Waals surface area contributed by atoms with E-state index in [-0.39, 0.29) is 11.3 Å². The third-order valence-corrected chi connectivity index (χ3v) is 3.97. The van der Waals surface area contributed by atoms with Gasteiger partial charge in [-0.05, 0) is 23.8 Å². The number of carbonyl (C=O) groups excluding carboxylic acids is 1. The van der Waals surface area contributed by atoms with Gasteiger partial charge >= 0.3 is 0 Å². The molecule has 110 valence electrons. The Bertz CT molecular complexity index is 733. The van der Waals surface area contributed by atoms with Gasteiger partial charge in [0.1, 0.15) is 0 Å². The summed E-state index contributed by atoms with van der Waals surface area (Å²) < 4.78 is 23.7. The summed E-state index contributed by atoms with van der Waals surface area (Å²) >= 11 is 5.77. The maximum Gasteiger partial charge on any atom is 0.266 e. The van der Waals surface area contributed by atoms with Crippen molar-refractivity contribution in [3.8, 4) is 0 Å². The Balaban J connectivity index is 1.97. The quantitative estimate of drug-likeness (QED) is 0.827. The SMILES string of the molecule is O=C(NNS(=O)(=O)Cc1ccccc1)c1cccc(Cl)c1. The van der Waals surface area contributed by atoms with Crippen molar-refractivity contribution >= 4 is 27.5 Å². The van der Waals surface area contributed by atoms with Crippen LogP contribution in [0, 0.1) is 0 Å². The topological polar surface area (TPSA) is 75.3 Å². The molecule has 0 unspecified atom stereocenters. The van der Waals surface area contributed by atoms with Crippen molar-refractivity contribution in [2.24, 2.45) is 0 Å². The number of hydrazine groups is 1. The van der Waals surface area contributed by atoms with E-state index in [0.717, 1.165) is 0 Å². The molecule has 0 aromatic heterocycles. The molecule has 0 radical (unpaired) electrons. The molecule has 0 saturated heterocycles. The predicted octanol–water partition coefficient (Wildman–Crippen LogP) is 2.10. The lowest BCUT2D eigenvalue weighted by atomic mass is 10.2. The van der Waals surface area contributed by atoms with Crippen LogP contribution in [0.25, 0.3) is 0 Å². The number of nitrogens with one attached hydrogen (secondary N) is 2. The lowest BCUT2D eigenvalue weighted by Crippen LogP contribution is -2.42. The molecular formula is C14H13ClN2O3S. The Labute approximate surface area is 128 Å². The van der Waals surface area contributed by atoms with Gasteiger partial charge in [0.15, 0.2) is 0 Å². The number of rotatable bonds is 5. The van der Waals surface area contributed by atoms with Gasteiger partial charge in [0.2, 0.25) is 10.0 Å². The van der Waals surface area contributed by atoms with E-state index in [0.29, 0.717) is 10.6 Å². The van der Waals surface area contributed by atoms with Crippen LogP contribution in [0.4, 0.5) is 0 Å². The molecule has 0 spiro atoms. The normalized spacial score (nSPS) is 11.1. The minimum Gasteiger partial charge on any atom is -0.274 e. The van der Waals surface area contributed by atoms with Crippen LogP contribution in [-0.2, 0) is 15.8 Å². The van der Waals surface area contributed by atoms with Crippen molar-refractivity contribution in [1.29, 1.82) is 0 Å². The zero-order valence-corrected chi connectivity index (χ0v) is 12.5. The van der Waals surface area contributed by atoms with Crippen LogP contribution in [0.5, 0.6) is 0 Å². The first-order chi connectivity index (χ1) is 9.96. The number of halogens is 1. The molecule has 2 aromatic carbocycles. The molecule has 0 aliphatic heterocycles. The van der Waals surface area contributed by atoms with E-state index < -0.39 is 15.9 Å². The first-order valence-electron chi connectivity index (χ1n) is 6.05. The molecule has 0 aliphatic carbocycles. The number of amides is 1. The fraction of sp³-hybridized carbons (Fsp3) is 0.0714. The molecule has 2 rings (SSSR count). The molecule has 0 bridgehead atoms. The number of carbonyl (C=O) groups is 1. The third-order valence-electron chi connectivity index (χ3n) is 2.61. The Kier molecular flexibility index (Phi) is 4.95. The lowest BCUT2D eigenvalue weighted by molar-refractivity contribution is 0.0945. The summed E-state index contributed by atoms with van der Waals surface area (Å²) in [7, 11) is -3.66. The summed E-state index contributed by atoms with van der Waals surface area (Å²) in [6.07, 6.45) is 0. The average molecular weight is 325 g/mol. The van der Waals surface area contributed by atoms with Crippen LogP contribution in [0.2, 0.25) is 5.02 Å². The van der Waals surface area contributed by atoms with Crippen molar-refractivity contribution < 1.29 is 13.2 Å². The first kappa shape index (κ1) is 15.5. The van der Waals surface area contributed by atoms with Crippen molar-refractivity contribution in [2.75, 3.05) is 0 Å². The lowest BCUT2D eigenvalue weighted by Gasteiger charge is -2.08. The summed E-state index contributed by atoms with van der Waals surface area (Å²) in [6, 6.07) is 14.9. The molecule has 7 heteroatoms. The van der Waals surface area contributed by atoms with Gasteiger partial charge in [0, 0.05) is 10.6 Å². The molecular weight excluding hydrogens is 312 g/mol. The highest BCUT2D eigenvalue weighted by atomic mass is 35.5. The molecule has 5 nitrogen and oxygen atoms in total. The second kappa shape index (κ2) is 6.71. The molecule has 0 aliphatic rings. The fourth-order valence-corrected chi connectivity index (χ4v) is 2.80. The van der Waals surface area contributed by atoms with Gasteiger partial charge in [-0.2, -0.15) is 0 Å². The zero-order valence-electron chi connectivity index (χ0n) is 10.9. The molecule has 1 amide bonds. The van der Waals surface area contributed by atoms with Crippen molar-refractivity contribution in [3.05, 3.63) is 70.7 Å². The molecule has 2 N–H and O–H groups in total. The van der Waals surface area contributed by atoms with Gasteiger partial charge in [-0.3, -0.25) is 10.2 Å². The molecule has 21 heavy (non-hydrogen) atoms. The van der Waals surface area contributed by atoms with Gasteiger partial charge in [0.25, 0.3) is 5.91 Å². The molecule has 0 atom stereocenters. The smallest absolute Gasteiger partial charge is 0.266 e. The summed E-state index contributed by atoms with van der Waals surface area (Å²) in [4.78, 5) is 13.9. The monoisotopic (exact) mass is 324 g/mol. The fourth-order valence-electron chi connectivity index (χ4n) is 1.66. The number of hydrogen-bond donors (Lipinski definition) is 2. The van der Waals surface area contributed by atoms with Crippen LogP contribution < -0.4 is 10.3 Å². The first-order valence-corrected chi connectivity index (χ1v) is 8.09. The van der Waals surface area contributed by atoms with Crippen molar-refractivity contribution in [3.63, 3.8) is 0 Å². The standard InChI is InChI=1S/C14H13ClN2O3S/c15-13-8-4-7-12(9-13)14(18)16-17-21(19,20)10-11-5-2-1-3-6-11/h1-9,17H,10H2,(H,16,18). The van der Waals surface area contributed by atoms with Crippen LogP contribution in [0.15, 0.2) is 54.6 Å². The van der Waals surface area contributed by atoms with E-state index in [9.17, 15) is 13.2 Å². The zero-order chi connectivity index (χ0) is 15.3. The molecule has 2 aromatic rings. The van der Waals surface area contributed by atoms with Gasteiger partial charge in [-0.15, -0.1) is 4.83 Å². The Morgan fingerprint density at radius 3 is 2.43 bits per heavy atom. The predicted molar refractivity (Wildman–Crippen MR) is 81.1 cm³/mol. The maximum absolute atomic E-state index is 11.9. The molecule has 0 fully saturated rings. The van der Waals surface area contributed by atoms with E-state index in [1.807, 2.05) is 0 Å². The van der Waals surface area contributed by atoms with E-state index in [1.165, 1.54) is 12.1 Å². The minimum absolute atomic E-state index is 0.219. The minimum atomic E-state index is -3.66. The third kappa shape index (κ3) is 4.86. The van der Waals surface area contributed by atoms with Crippen molar-refractivity contribution in [1.82, 2.24) is 10.3 Å². The van der Waals surface area contributed by atoms with Crippen LogP contribution in [0.1, 0.15) is 15.9 Å². The van der Waals surface area contributed by atoms with E-state index >= 15 is 0 Å². The summed E-state index contributed by atoms with van der Waals surface area (Å²) in [5.41, 5.74) is 3.05. The second-order valence-corrected chi connectivity index (χ2v) is 6.47.